The Balaban J connectivity index is 1.69. The summed E-state index contributed by atoms with van der Waals surface area (Å²) in [6.07, 6.45) is 1.92. The summed E-state index contributed by atoms with van der Waals surface area (Å²) in [5, 5.41) is 7.56. The van der Waals surface area contributed by atoms with Crippen LogP contribution in [-0.4, -0.2) is 41.3 Å². The summed E-state index contributed by atoms with van der Waals surface area (Å²) in [5.41, 5.74) is 2.19. The van der Waals surface area contributed by atoms with E-state index in [1.165, 1.54) is 7.11 Å². The number of methoxy groups -OCH3 is 1. The first-order chi connectivity index (χ1) is 10.8. The summed E-state index contributed by atoms with van der Waals surface area (Å²) in [6, 6.07) is 2.16. The molecule has 5 nitrogen and oxygen atoms in total. The summed E-state index contributed by atoms with van der Waals surface area (Å²) in [7, 11) is 1.51. The van der Waals surface area contributed by atoms with Gasteiger partial charge in [-0.3, -0.25) is 14.8 Å². The number of hydrogen-bond donors (Lipinski definition) is 1. The lowest BCUT2D eigenvalue weighted by Crippen LogP contribution is -2.57. The molecule has 2 atom stereocenters. The van der Waals surface area contributed by atoms with Gasteiger partial charge in [0.2, 0.25) is 0 Å². The number of likely N-dealkylation sites (tertiary alicyclic amines) is 1. The summed E-state index contributed by atoms with van der Waals surface area (Å²) >= 11 is 0. The van der Waals surface area contributed by atoms with E-state index in [0.717, 1.165) is 43.9 Å². The molecule has 2 aliphatic rings. The van der Waals surface area contributed by atoms with Crippen LogP contribution in [0.1, 0.15) is 45.5 Å². The van der Waals surface area contributed by atoms with Crippen molar-refractivity contribution in [2.75, 3.05) is 20.2 Å². The SMILES string of the molecule is COC(=O)[C@@]12CN(Cc3cc(CC(C)C)n[nH]3)C[C@@H]1C(C)(C)C2. The molecule has 0 amide bonds. The largest absolute Gasteiger partial charge is 0.469 e. The van der Waals surface area contributed by atoms with Gasteiger partial charge in [-0.25, -0.2) is 0 Å². The minimum absolute atomic E-state index is 0.0329. The maximum Gasteiger partial charge on any atom is 0.313 e. The van der Waals surface area contributed by atoms with Crippen molar-refractivity contribution in [2.24, 2.45) is 22.7 Å². The molecule has 0 bridgehead atoms. The van der Waals surface area contributed by atoms with Gasteiger partial charge in [0.05, 0.1) is 18.2 Å². The minimum Gasteiger partial charge on any atom is -0.469 e. The quantitative estimate of drug-likeness (QED) is 0.848. The van der Waals surface area contributed by atoms with E-state index in [2.05, 4.69) is 48.9 Å². The third-order valence-electron chi connectivity index (χ3n) is 5.62. The van der Waals surface area contributed by atoms with Crippen molar-refractivity contribution in [2.45, 2.75) is 47.1 Å². The summed E-state index contributed by atoms with van der Waals surface area (Å²) in [6.45, 7) is 11.5. The van der Waals surface area contributed by atoms with Crippen LogP contribution in [0.3, 0.4) is 0 Å². The molecular formula is C18H29N3O2. The number of esters is 1. The zero-order valence-electron chi connectivity index (χ0n) is 15.0. The Labute approximate surface area is 138 Å². The number of carbonyl (C=O) groups excluding carboxylic acids is 1. The van der Waals surface area contributed by atoms with Crippen molar-refractivity contribution in [1.29, 1.82) is 0 Å². The van der Waals surface area contributed by atoms with Gasteiger partial charge in [-0.15, -0.1) is 0 Å². The smallest absolute Gasteiger partial charge is 0.313 e. The van der Waals surface area contributed by atoms with Crippen LogP contribution in [0.4, 0.5) is 0 Å². The molecule has 0 unspecified atom stereocenters. The van der Waals surface area contributed by atoms with Crippen LogP contribution in [0, 0.1) is 22.7 Å². The minimum atomic E-state index is -0.293. The van der Waals surface area contributed by atoms with E-state index in [1.807, 2.05) is 0 Å². The highest BCUT2D eigenvalue weighted by atomic mass is 16.5. The molecule has 1 aliphatic heterocycles. The molecule has 1 aromatic rings. The second-order valence-electron chi connectivity index (χ2n) is 8.52. The van der Waals surface area contributed by atoms with Gasteiger partial charge in [-0.1, -0.05) is 27.7 Å². The normalized spacial score (nSPS) is 29.4. The Morgan fingerprint density at radius 1 is 1.52 bits per heavy atom. The molecule has 128 valence electrons. The molecule has 1 saturated carbocycles. The van der Waals surface area contributed by atoms with Crippen LogP contribution >= 0.6 is 0 Å². The molecule has 1 saturated heterocycles. The second-order valence-corrected chi connectivity index (χ2v) is 8.52. The van der Waals surface area contributed by atoms with Crippen molar-refractivity contribution >= 4 is 5.97 Å². The molecule has 1 N–H and O–H groups in total. The number of ether oxygens (including phenoxy) is 1. The highest BCUT2D eigenvalue weighted by molar-refractivity contribution is 5.79. The average Bonchev–Trinajstić information content (AvgIpc) is 3.01. The van der Waals surface area contributed by atoms with E-state index in [1.54, 1.807) is 0 Å². The van der Waals surface area contributed by atoms with Crippen molar-refractivity contribution < 1.29 is 9.53 Å². The predicted octanol–water partition coefficient (Wildman–Crippen LogP) is 2.63. The fourth-order valence-corrected chi connectivity index (χ4v) is 4.84. The Bertz CT molecular complexity index is 593. The van der Waals surface area contributed by atoms with Gasteiger partial charge in [-0.05, 0) is 36.2 Å². The summed E-state index contributed by atoms with van der Waals surface area (Å²) in [5.74, 6) is 0.965. The van der Waals surface area contributed by atoms with E-state index < -0.39 is 0 Å². The number of nitrogens with one attached hydrogen (secondary N) is 1. The molecule has 0 aromatic carbocycles. The van der Waals surface area contributed by atoms with Crippen LogP contribution in [0.25, 0.3) is 0 Å². The number of carbonyl (C=O) groups is 1. The third-order valence-corrected chi connectivity index (χ3v) is 5.62. The maximum absolute atomic E-state index is 12.3. The van der Waals surface area contributed by atoms with Gasteiger partial charge < -0.3 is 4.74 Å². The Kier molecular flexibility index (Phi) is 4.03. The van der Waals surface area contributed by atoms with Crippen LogP contribution < -0.4 is 0 Å². The predicted molar refractivity (Wildman–Crippen MR) is 88.7 cm³/mol. The van der Waals surface area contributed by atoms with Gasteiger partial charge >= 0.3 is 5.97 Å². The highest BCUT2D eigenvalue weighted by Gasteiger charge is 2.67. The molecule has 2 heterocycles. The molecule has 3 rings (SSSR count). The van der Waals surface area contributed by atoms with Gasteiger partial charge in [0.15, 0.2) is 0 Å². The maximum atomic E-state index is 12.3. The number of aromatic amines is 1. The van der Waals surface area contributed by atoms with Crippen molar-refractivity contribution in [3.63, 3.8) is 0 Å². The van der Waals surface area contributed by atoms with E-state index in [-0.39, 0.29) is 16.8 Å². The van der Waals surface area contributed by atoms with Gasteiger partial charge in [0.25, 0.3) is 0 Å². The third kappa shape index (κ3) is 2.80. The van der Waals surface area contributed by atoms with Crippen molar-refractivity contribution in [1.82, 2.24) is 15.1 Å². The van der Waals surface area contributed by atoms with E-state index in [0.29, 0.717) is 11.8 Å². The molecule has 5 heteroatoms. The molecule has 23 heavy (non-hydrogen) atoms. The second kappa shape index (κ2) is 5.62. The van der Waals surface area contributed by atoms with Crippen LogP contribution in [-0.2, 0) is 22.5 Å². The highest BCUT2D eigenvalue weighted by Crippen LogP contribution is 2.63. The van der Waals surface area contributed by atoms with Gasteiger partial charge in [0, 0.05) is 25.3 Å². The Morgan fingerprint density at radius 3 is 2.87 bits per heavy atom. The first-order valence-corrected chi connectivity index (χ1v) is 8.61. The Morgan fingerprint density at radius 2 is 2.26 bits per heavy atom. The number of H-pyrrole nitrogens is 1. The number of hydrogen-bond acceptors (Lipinski definition) is 4. The summed E-state index contributed by atoms with van der Waals surface area (Å²) in [4.78, 5) is 14.7. The van der Waals surface area contributed by atoms with E-state index in [9.17, 15) is 4.79 Å². The van der Waals surface area contributed by atoms with Gasteiger partial charge in [0.1, 0.15) is 0 Å². The lowest BCUT2D eigenvalue weighted by Gasteiger charge is -2.54. The molecule has 0 radical (unpaired) electrons. The molecule has 0 spiro atoms. The number of nitrogens with zero attached hydrogens (tertiary/aromatic N) is 2. The zero-order chi connectivity index (χ0) is 16.8. The lowest BCUT2D eigenvalue weighted by molar-refractivity contribution is -0.174. The Hall–Kier alpha value is -1.36. The first kappa shape index (κ1) is 16.5. The molecule has 1 aliphatic carbocycles. The monoisotopic (exact) mass is 319 g/mol. The number of rotatable bonds is 5. The number of fused-ring (bicyclic) bond motifs is 1. The van der Waals surface area contributed by atoms with Gasteiger partial charge in [-0.2, -0.15) is 5.10 Å². The summed E-state index contributed by atoms with van der Waals surface area (Å²) < 4.78 is 5.11. The van der Waals surface area contributed by atoms with Crippen molar-refractivity contribution in [3.8, 4) is 0 Å². The standard InChI is InChI=1S/C18H29N3O2/c1-12(2)6-13-7-14(20-19-13)8-21-9-15-17(3,4)10-18(15,11-21)16(22)23-5/h7,12,15H,6,8-11H2,1-5H3,(H,19,20)/t15-,18+/m1/s1. The first-order valence-electron chi connectivity index (χ1n) is 8.61. The van der Waals surface area contributed by atoms with E-state index >= 15 is 0 Å². The topological polar surface area (TPSA) is 58.2 Å². The average molecular weight is 319 g/mol. The van der Waals surface area contributed by atoms with Crippen LogP contribution in [0.2, 0.25) is 0 Å². The van der Waals surface area contributed by atoms with Crippen LogP contribution in [0.15, 0.2) is 6.07 Å². The van der Waals surface area contributed by atoms with E-state index in [4.69, 9.17) is 4.74 Å². The zero-order valence-corrected chi connectivity index (χ0v) is 15.0. The molecule has 1 aromatic heterocycles. The lowest BCUT2D eigenvalue weighted by atomic mass is 9.48. The van der Waals surface area contributed by atoms with Crippen molar-refractivity contribution in [3.05, 3.63) is 17.5 Å². The molecule has 2 fully saturated rings. The van der Waals surface area contributed by atoms with Crippen LogP contribution in [0.5, 0.6) is 0 Å². The fraction of sp³-hybridized carbons (Fsp3) is 0.778. The molecular weight excluding hydrogens is 290 g/mol. The fourth-order valence-electron chi connectivity index (χ4n) is 4.84. The number of aromatic nitrogens is 2.